The van der Waals surface area contributed by atoms with E-state index in [1.807, 2.05) is 14.0 Å². The van der Waals surface area contributed by atoms with Crippen LogP contribution in [0.2, 0.25) is 0 Å². The maximum absolute atomic E-state index is 12.0. The maximum atomic E-state index is 12.0. The van der Waals surface area contributed by atoms with Crippen LogP contribution in [0.15, 0.2) is 4.99 Å². The molecule has 0 bridgehead atoms. The molecule has 3 unspecified atom stereocenters. The Hall–Kier alpha value is 0.150. The SMILES string of the molecule is CCS(=O)C1CCCC(NC(=NC)NCCCCC(C)C)C1.I. The van der Waals surface area contributed by atoms with Crippen molar-refractivity contribution in [2.75, 3.05) is 19.3 Å². The van der Waals surface area contributed by atoms with Crippen LogP contribution in [0.4, 0.5) is 0 Å². The smallest absolute Gasteiger partial charge is 0.191 e. The number of nitrogens with one attached hydrogen (secondary N) is 2. The zero-order valence-electron chi connectivity index (χ0n) is 15.3. The number of halogens is 1. The van der Waals surface area contributed by atoms with Crippen molar-refractivity contribution in [1.29, 1.82) is 0 Å². The quantitative estimate of drug-likeness (QED) is 0.253. The van der Waals surface area contributed by atoms with Crippen molar-refractivity contribution in [1.82, 2.24) is 10.6 Å². The van der Waals surface area contributed by atoms with Crippen LogP contribution < -0.4 is 10.6 Å². The van der Waals surface area contributed by atoms with E-state index in [0.29, 0.717) is 11.3 Å². The first kappa shape index (κ1) is 23.1. The Kier molecular flexibility index (Phi) is 13.5. The molecule has 0 amide bonds. The van der Waals surface area contributed by atoms with E-state index in [1.165, 1.54) is 25.7 Å². The summed E-state index contributed by atoms with van der Waals surface area (Å²) >= 11 is 0. The fraction of sp³-hybridized carbons (Fsp3) is 0.941. The largest absolute Gasteiger partial charge is 0.356 e. The third-order valence-electron chi connectivity index (χ3n) is 4.35. The third kappa shape index (κ3) is 9.89. The Morgan fingerprint density at radius 2 is 2.04 bits per heavy atom. The molecule has 1 fully saturated rings. The van der Waals surface area contributed by atoms with Crippen LogP contribution in [0.1, 0.15) is 65.7 Å². The summed E-state index contributed by atoms with van der Waals surface area (Å²) in [6.45, 7) is 7.54. The molecule has 1 aliphatic carbocycles. The van der Waals surface area contributed by atoms with Gasteiger partial charge in [-0.2, -0.15) is 0 Å². The highest BCUT2D eigenvalue weighted by atomic mass is 127. The van der Waals surface area contributed by atoms with Gasteiger partial charge < -0.3 is 10.6 Å². The standard InChI is InChI=1S/C17H35N3OS.HI/c1-5-22(21)16-11-8-10-15(13-16)20-17(18-4)19-12-7-6-9-14(2)3;/h14-16H,5-13H2,1-4H3,(H2,18,19,20);1H. The van der Waals surface area contributed by atoms with E-state index in [-0.39, 0.29) is 24.0 Å². The fourth-order valence-electron chi connectivity index (χ4n) is 3.02. The van der Waals surface area contributed by atoms with E-state index in [9.17, 15) is 4.21 Å². The average Bonchev–Trinajstić information content (AvgIpc) is 2.52. The van der Waals surface area contributed by atoms with Crippen LogP contribution in [0.25, 0.3) is 0 Å². The molecule has 0 aromatic heterocycles. The molecule has 1 saturated carbocycles. The molecular weight excluding hydrogens is 421 g/mol. The summed E-state index contributed by atoms with van der Waals surface area (Å²) in [5.41, 5.74) is 0. The molecule has 0 aromatic rings. The summed E-state index contributed by atoms with van der Waals surface area (Å²) in [6, 6.07) is 0.413. The Bertz CT molecular complexity index is 364. The van der Waals surface area contributed by atoms with Crippen molar-refractivity contribution in [3.05, 3.63) is 0 Å². The first-order valence-electron chi connectivity index (χ1n) is 8.91. The van der Waals surface area contributed by atoms with Gasteiger partial charge in [-0.3, -0.25) is 9.20 Å². The molecule has 0 heterocycles. The van der Waals surface area contributed by atoms with E-state index in [4.69, 9.17) is 0 Å². The molecule has 0 aliphatic heterocycles. The van der Waals surface area contributed by atoms with E-state index in [1.54, 1.807) is 0 Å². The van der Waals surface area contributed by atoms with Crippen molar-refractivity contribution in [2.45, 2.75) is 77.0 Å². The van der Waals surface area contributed by atoms with Gasteiger partial charge in [0, 0.05) is 41.4 Å². The average molecular weight is 457 g/mol. The van der Waals surface area contributed by atoms with Gasteiger partial charge in [-0.1, -0.05) is 40.0 Å². The molecule has 0 saturated heterocycles. The maximum Gasteiger partial charge on any atom is 0.191 e. The predicted octanol–water partition coefficient (Wildman–Crippen LogP) is 3.68. The number of nitrogens with zero attached hydrogens (tertiary/aromatic N) is 1. The second kappa shape index (κ2) is 13.4. The minimum Gasteiger partial charge on any atom is -0.356 e. The predicted molar refractivity (Wildman–Crippen MR) is 113 cm³/mol. The molecule has 0 spiro atoms. The van der Waals surface area contributed by atoms with Crippen LogP contribution in [0, 0.1) is 5.92 Å². The second-order valence-corrected chi connectivity index (χ2v) is 8.69. The first-order chi connectivity index (χ1) is 10.6. The normalized spacial score (nSPS) is 23.3. The Morgan fingerprint density at radius 1 is 1.30 bits per heavy atom. The van der Waals surface area contributed by atoms with Crippen molar-refractivity contribution >= 4 is 40.7 Å². The lowest BCUT2D eigenvalue weighted by Crippen LogP contribution is -2.46. The monoisotopic (exact) mass is 457 g/mol. The van der Waals surface area contributed by atoms with Crippen molar-refractivity contribution in [3.8, 4) is 0 Å². The summed E-state index contributed by atoms with van der Waals surface area (Å²) in [5, 5.41) is 7.29. The summed E-state index contributed by atoms with van der Waals surface area (Å²) in [6.07, 6.45) is 8.19. The lowest BCUT2D eigenvalue weighted by atomic mass is 9.95. The zero-order chi connectivity index (χ0) is 16.4. The molecule has 4 nitrogen and oxygen atoms in total. The highest BCUT2D eigenvalue weighted by molar-refractivity contribution is 14.0. The summed E-state index contributed by atoms with van der Waals surface area (Å²) in [4.78, 5) is 4.32. The number of hydrogen-bond acceptors (Lipinski definition) is 2. The van der Waals surface area contributed by atoms with Crippen LogP contribution in [-0.4, -0.2) is 40.8 Å². The lowest BCUT2D eigenvalue weighted by molar-refractivity contribution is 0.413. The van der Waals surface area contributed by atoms with Crippen LogP contribution >= 0.6 is 24.0 Å². The minimum absolute atomic E-state index is 0. The van der Waals surface area contributed by atoms with Gasteiger partial charge in [0.05, 0.1) is 0 Å². The van der Waals surface area contributed by atoms with Gasteiger partial charge in [-0.15, -0.1) is 24.0 Å². The van der Waals surface area contributed by atoms with Gasteiger partial charge in [-0.25, -0.2) is 0 Å². The van der Waals surface area contributed by atoms with Crippen LogP contribution in [0.5, 0.6) is 0 Å². The molecule has 6 heteroatoms. The molecular formula is C17H36IN3OS. The fourth-order valence-corrected chi connectivity index (χ4v) is 4.37. The van der Waals surface area contributed by atoms with Gasteiger partial charge in [0.15, 0.2) is 5.96 Å². The highest BCUT2D eigenvalue weighted by Crippen LogP contribution is 2.22. The highest BCUT2D eigenvalue weighted by Gasteiger charge is 2.25. The molecule has 0 aromatic carbocycles. The minimum atomic E-state index is -0.664. The Morgan fingerprint density at radius 3 is 2.65 bits per heavy atom. The van der Waals surface area contributed by atoms with Gasteiger partial charge in [0.1, 0.15) is 0 Å². The molecule has 1 rings (SSSR count). The number of unbranched alkanes of at least 4 members (excludes halogenated alkanes) is 1. The van der Waals surface area contributed by atoms with Crippen molar-refractivity contribution in [3.63, 3.8) is 0 Å². The molecule has 1 aliphatic rings. The van der Waals surface area contributed by atoms with E-state index in [0.717, 1.165) is 43.4 Å². The van der Waals surface area contributed by atoms with Gasteiger partial charge >= 0.3 is 0 Å². The van der Waals surface area contributed by atoms with Gasteiger partial charge in [-0.05, 0) is 31.6 Å². The van der Waals surface area contributed by atoms with E-state index < -0.39 is 10.8 Å². The number of aliphatic imine (C=N–C) groups is 1. The third-order valence-corrected chi connectivity index (χ3v) is 6.09. The van der Waals surface area contributed by atoms with E-state index in [2.05, 4.69) is 29.5 Å². The summed E-state index contributed by atoms with van der Waals surface area (Å²) in [5.74, 6) is 2.47. The molecule has 0 radical (unpaired) electrons. The molecule has 2 N–H and O–H groups in total. The molecule has 138 valence electrons. The topological polar surface area (TPSA) is 53.5 Å². The molecule has 3 atom stereocenters. The van der Waals surface area contributed by atoms with Crippen LogP contribution in [-0.2, 0) is 10.8 Å². The zero-order valence-corrected chi connectivity index (χ0v) is 18.4. The van der Waals surface area contributed by atoms with Crippen molar-refractivity contribution < 1.29 is 4.21 Å². The summed E-state index contributed by atoms with van der Waals surface area (Å²) < 4.78 is 12.0. The number of guanidine groups is 1. The summed E-state index contributed by atoms with van der Waals surface area (Å²) in [7, 11) is 1.16. The first-order valence-corrected chi connectivity index (χ1v) is 10.3. The number of hydrogen-bond donors (Lipinski definition) is 2. The Labute approximate surface area is 162 Å². The van der Waals surface area contributed by atoms with E-state index >= 15 is 0 Å². The van der Waals surface area contributed by atoms with Gasteiger partial charge in [0.25, 0.3) is 0 Å². The van der Waals surface area contributed by atoms with Gasteiger partial charge in [0.2, 0.25) is 0 Å². The number of rotatable bonds is 8. The molecule has 23 heavy (non-hydrogen) atoms. The lowest BCUT2D eigenvalue weighted by Gasteiger charge is -2.30. The van der Waals surface area contributed by atoms with Crippen LogP contribution in [0.3, 0.4) is 0 Å². The Balaban J connectivity index is 0.00000484. The second-order valence-electron chi connectivity index (χ2n) is 6.69. The van der Waals surface area contributed by atoms with Crippen molar-refractivity contribution in [2.24, 2.45) is 10.9 Å².